The normalized spacial score (nSPS) is 10.8. The van der Waals surface area contributed by atoms with Gasteiger partial charge in [-0.2, -0.15) is 0 Å². The minimum Gasteiger partial charge on any atom is -0.505 e. The lowest BCUT2D eigenvalue weighted by Crippen LogP contribution is -2.24. The van der Waals surface area contributed by atoms with Crippen molar-refractivity contribution in [3.8, 4) is 11.4 Å². The number of carbonyl (C=O) groups is 1. The Balaban J connectivity index is 1.73. The summed E-state index contributed by atoms with van der Waals surface area (Å²) in [7, 11) is 0. The molecule has 0 aliphatic carbocycles. The van der Waals surface area contributed by atoms with Crippen molar-refractivity contribution in [2.45, 2.75) is 6.54 Å². The number of phenols is 1. The van der Waals surface area contributed by atoms with Gasteiger partial charge < -0.3 is 10.4 Å². The van der Waals surface area contributed by atoms with E-state index in [4.69, 9.17) is 34.8 Å². The Morgan fingerprint density at radius 1 is 1.15 bits per heavy atom. The monoisotopic (exact) mass is 414 g/mol. The van der Waals surface area contributed by atoms with Gasteiger partial charge in [-0.05, 0) is 29.8 Å². The predicted molar refractivity (Wildman–Crippen MR) is 95.6 cm³/mol. The molecule has 1 amide bonds. The minimum atomic E-state index is -0.534. The summed E-state index contributed by atoms with van der Waals surface area (Å²) in [6.07, 6.45) is 1.31. The molecule has 10 heteroatoms. The molecule has 0 saturated carbocycles. The van der Waals surface area contributed by atoms with E-state index in [2.05, 4.69) is 15.4 Å². The van der Waals surface area contributed by atoms with E-state index in [9.17, 15) is 14.3 Å². The molecule has 0 bridgehead atoms. The van der Waals surface area contributed by atoms with Crippen LogP contribution < -0.4 is 5.32 Å². The van der Waals surface area contributed by atoms with Crippen LogP contribution >= 0.6 is 34.8 Å². The summed E-state index contributed by atoms with van der Waals surface area (Å²) in [4.78, 5) is 16.1. The molecule has 134 valence electrons. The van der Waals surface area contributed by atoms with Crippen LogP contribution in [0.3, 0.4) is 0 Å². The number of hydrogen-bond acceptors (Lipinski definition) is 4. The summed E-state index contributed by atoms with van der Waals surface area (Å²) in [5.74, 6) is -1.39. The van der Waals surface area contributed by atoms with Crippen LogP contribution in [0.5, 0.6) is 5.75 Å². The molecule has 0 spiro atoms. The maximum Gasteiger partial charge on any atom is 0.291 e. The highest BCUT2D eigenvalue weighted by atomic mass is 35.5. The van der Waals surface area contributed by atoms with E-state index in [-0.39, 0.29) is 33.2 Å². The fraction of sp³-hybridized carbons (Fsp3) is 0.0625. The smallest absolute Gasteiger partial charge is 0.291 e. The average Bonchev–Trinajstić information content (AvgIpc) is 3.10. The van der Waals surface area contributed by atoms with E-state index in [1.54, 1.807) is 0 Å². The first-order valence-electron chi connectivity index (χ1n) is 7.17. The zero-order valence-corrected chi connectivity index (χ0v) is 15.1. The van der Waals surface area contributed by atoms with Gasteiger partial charge >= 0.3 is 0 Å². The molecule has 3 aromatic rings. The van der Waals surface area contributed by atoms with Crippen molar-refractivity contribution in [3.63, 3.8) is 0 Å². The van der Waals surface area contributed by atoms with Crippen molar-refractivity contribution < 1.29 is 14.3 Å². The molecule has 3 rings (SSSR count). The molecule has 2 N–H and O–H groups in total. The number of carbonyl (C=O) groups excluding carboxylic acids is 1. The summed E-state index contributed by atoms with van der Waals surface area (Å²) in [6, 6.07) is 7.01. The van der Waals surface area contributed by atoms with Crippen LogP contribution in [0, 0.1) is 5.82 Å². The molecule has 0 aliphatic rings. The third-order valence-electron chi connectivity index (χ3n) is 3.40. The van der Waals surface area contributed by atoms with Gasteiger partial charge in [0.2, 0.25) is 5.82 Å². The van der Waals surface area contributed by atoms with Gasteiger partial charge in [0.25, 0.3) is 5.91 Å². The fourth-order valence-electron chi connectivity index (χ4n) is 2.09. The van der Waals surface area contributed by atoms with Gasteiger partial charge in [-0.1, -0.05) is 40.9 Å². The number of amides is 1. The molecule has 0 fully saturated rings. The van der Waals surface area contributed by atoms with Crippen molar-refractivity contribution in [1.29, 1.82) is 0 Å². The van der Waals surface area contributed by atoms with Crippen LogP contribution in [0.25, 0.3) is 5.69 Å². The van der Waals surface area contributed by atoms with Gasteiger partial charge in [0.15, 0.2) is 5.75 Å². The maximum atomic E-state index is 13.1. The Kier molecular flexibility index (Phi) is 5.31. The van der Waals surface area contributed by atoms with E-state index in [1.165, 1.54) is 41.3 Å². The summed E-state index contributed by atoms with van der Waals surface area (Å²) in [5, 5.41) is 16.3. The maximum absolute atomic E-state index is 13.1. The van der Waals surface area contributed by atoms with Crippen LogP contribution in [-0.4, -0.2) is 25.8 Å². The van der Waals surface area contributed by atoms with E-state index < -0.39 is 11.7 Å². The Bertz CT molecular complexity index is 970. The van der Waals surface area contributed by atoms with Crippen molar-refractivity contribution in [2.24, 2.45) is 0 Å². The number of nitrogens with zero attached hydrogens (tertiary/aromatic N) is 3. The zero-order chi connectivity index (χ0) is 18.8. The number of nitrogens with one attached hydrogen (secondary N) is 1. The Hall–Kier alpha value is -2.35. The summed E-state index contributed by atoms with van der Waals surface area (Å²) in [5.41, 5.74) is 1.05. The highest BCUT2D eigenvalue weighted by Crippen LogP contribution is 2.33. The summed E-state index contributed by atoms with van der Waals surface area (Å²) < 4.78 is 14.4. The quantitative estimate of drug-likeness (QED) is 0.675. The zero-order valence-electron chi connectivity index (χ0n) is 12.9. The molecule has 2 aromatic carbocycles. The standard InChI is InChI=1S/C16H10Cl3FN4O2/c17-10-3-8(1-2-13(10)20)6-21-16(26)15-22-7-24(23-15)9-4-11(18)14(25)12(19)5-9/h1-5,7,25H,6H2,(H,21,26). The third kappa shape index (κ3) is 3.90. The molecule has 0 radical (unpaired) electrons. The summed E-state index contributed by atoms with van der Waals surface area (Å²) in [6.45, 7) is 0.129. The number of halogens is 4. The van der Waals surface area contributed by atoms with Gasteiger partial charge in [-0.25, -0.2) is 14.1 Å². The first kappa shape index (κ1) is 18.4. The SMILES string of the molecule is O=C(NCc1ccc(F)c(Cl)c1)c1ncn(-c2cc(Cl)c(O)c(Cl)c2)n1. The van der Waals surface area contributed by atoms with Crippen LogP contribution in [0.4, 0.5) is 4.39 Å². The topological polar surface area (TPSA) is 80.0 Å². The molecule has 0 atom stereocenters. The van der Waals surface area contributed by atoms with E-state index >= 15 is 0 Å². The number of aromatic hydroxyl groups is 1. The first-order valence-corrected chi connectivity index (χ1v) is 8.30. The van der Waals surface area contributed by atoms with Crippen LogP contribution in [0.15, 0.2) is 36.7 Å². The number of benzene rings is 2. The van der Waals surface area contributed by atoms with Gasteiger partial charge in [0, 0.05) is 6.54 Å². The number of hydrogen-bond donors (Lipinski definition) is 2. The number of aromatic nitrogens is 3. The predicted octanol–water partition coefficient (Wildman–Crippen LogP) is 4.00. The van der Waals surface area contributed by atoms with Gasteiger partial charge in [0.05, 0.1) is 20.8 Å². The number of rotatable bonds is 4. The van der Waals surface area contributed by atoms with Crippen molar-refractivity contribution in [1.82, 2.24) is 20.1 Å². The van der Waals surface area contributed by atoms with E-state index in [0.29, 0.717) is 11.3 Å². The molecule has 6 nitrogen and oxygen atoms in total. The van der Waals surface area contributed by atoms with Crippen molar-refractivity contribution in [2.75, 3.05) is 0 Å². The first-order chi connectivity index (χ1) is 12.3. The lowest BCUT2D eigenvalue weighted by molar-refractivity contribution is 0.0940. The van der Waals surface area contributed by atoms with Crippen LogP contribution in [-0.2, 0) is 6.54 Å². The lowest BCUT2D eigenvalue weighted by atomic mass is 10.2. The lowest BCUT2D eigenvalue weighted by Gasteiger charge is -2.05. The Morgan fingerprint density at radius 2 is 1.85 bits per heavy atom. The highest BCUT2D eigenvalue weighted by molar-refractivity contribution is 6.37. The molecule has 1 heterocycles. The molecule has 0 saturated heterocycles. The molecular formula is C16H10Cl3FN4O2. The second-order valence-electron chi connectivity index (χ2n) is 5.20. The molecule has 26 heavy (non-hydrogen) atoms. The van der Waals surface area contributed by atoms with E-state index in [0.717, 1.165) is 0 Å². The second kappa shape index (κ2) is 7.49. The summed E-state index contributed by atoms with van der Waals surface area (Å²) >= 11 is 17.4. The van der Waals surface area contributed by atoms with Crippen molar-refractivity contribution >= 4 is 40.7 Å². The molecule has 1 aromatic heterocycles. The Labute approximate surface area is 162 Å². The average molecular weight is 416 g/mol. The van der Waals surface area contributed by atoms with Crippen molar-refractivity contribution in [3.05, 3.63) is 68.9 Å². The third-order valence-corrected chi connectivity index (χ3v) is 4.26. The number of phenolic OH excluding ortho intramolecular Hbond substituents is 1. The van der Waals surface area contributed by atoms with Gasteiger partial charge in [-0.15, -0.1) is 5.10 Å². The molecule has 0 unspecified atom stereocenters. The largest absolute Gasteiger partial charge is 0.505 e. The molecule has 0 aliphatic heterocycles. The Morgan fingerprint density at radius 3 is 2.50 bits per heavy atom. The van der Waals surface area contributed by atoms with Gasteiger partial charge in [0.1, 0.15) is 12.1 Å². The van der Waals surface area contributed by atoms with Crippen LogP contribution in [0.1, 0.15) is 16.2 Å². The molecular weight excluding hydrogens is 406 g/mol. The second-order valence-corrected chi connectivity index (χ2v) is 6.42. The van der Waals surface area contributed by atoms with Crippen LogP contribution in [0.2, 0.25) is 15.1 Å². The van der Waals surface area contributed by atoms with Gasteiger partial charge in [-0.3, -0.25) is 4.79 Å². The van der Waals surface area contributed by atoms with E-state index in [1.807, 2.05) is 0 Å². The minimum absolute atomic E-state index is 0.0276. The fourth-order valence-corrected chi connectivity index (χ4v) is 2.77. The highest BCUT2D eigenvalue weighted by Gasteiger charge is 2.14.